The van der Waals surface area contributed by atoms with Crippen LogP contribution in [0.3, 0.4) is 0 Å². The number of hydrogen-bond acceptors (Lipinski definition) is 2. The molecule has 1 saturated heterocycles. The third kappa shape index (κ3) is 2.29. The molecule has 16 heavy (non-hydrogen) atoms. The Balaban J connectivity index is 2.03. The first kappa shape index (κ1) is 11.6. The first-order valence-electron chi connectivity index (χ1n) is 6.32. The molecule has 0 radical (unpaired) electrons. The number of likely N-dealkylation sites (tertiary alicyclic amines) is 1. The maximum absolute atomic E-state index is 11.9. The molecule has 1 amide bonds. The molecule has 1 fully saturated rings. The summed E-state index contributed by atoms with van der Waals surface area (Å²) in [5, 5.41) is 0. The molecule has 1 heterocycles. The van der Waals surface area contributed by atoms with E-state index in [0.29, 0.717) is 5.41 Å². The molecule has 0 bridgehead atoms. The number of piperidine rings is 1. The van der Waals surface area contributed by atoms with Gasteiger partial charge in [-0.05, 0) is 44.4 Å². The second kappa shape index (κ2) is 4.58. The van der Waals surface area contributed by atoms with Gasteiger partial charge in [-0.2, -0.15) is 0 Å². The Kier molecular flexibility index (Phi) is 3.33. The lowest BCUT2D eigenvalue weighted by Crippen LogP contribution is -2.50. The lowest BCUT2D eigenvalue weighted by atomic mass is 9.71. The van der Waals surface area contributed by atoms with Crippen molar-refractivity contribution in [2.24, 2.45) is 11.1 Å². The van der Waals surface area contributed by atoms with Crippen molar-refractivity contribution in [2.45, 2.75) is 45.1 Å². The summed E-state index contributed by atoms with van der Waals surface area (Å²) in [5.74, 6) is 0.119. The van der Waals surface area contributed by atoms with Gasteiger partial charge in [-0.15, -0.1) is 0 Å². The van der Waals surface area contributed by atoms with Crippen LogP contribution in [0.4, 0.5) is 0 Å². The van der Waals surface area contributed by atoms with Crippen molar-refractivity contribution < 1.29 is 4.79 Å². The van der Waals surface area contributed by atoms with E-state index in [0.717, 1.165) is 25.9 Å². The smallest absolute Gasteiger partial charge is 0.239 e. The van der Waals surface area contributed by atoms with Gasteiger partial charge in [0.25, 0.3) is 0 Å². The molecule has 1 aliphatic carbocycles. The van der Waals surface area contributed by atoms with E-state index in [4.69, 9.17) is 5.73 Å². The van der Waals surface area contributed by atoms with Gasteiger partial charge in [0.1, 0.15) is 0 Å². The fourth-order valence-corrected chi connectivity index (χ4v) is 3.00. The third-order valence-electron chi connectivity index (χ3n) is 3.92. The Morgan fingerprint density at radius 3 is 2.88 bits per heavy atom. The summed E-state index contributed by atoms with van der Waals surface area (Å²) in [4.78, 5) is 13.9. The van der Waals surface area contributed by atoms with Gasteiger partial charge in [0, 0.05) is 13.1 Å². The van der Waals surface area contributed by atoms with E-state index >= 15 is 0 Å². The van der Waals surface area contributed by atoms with E-state index in [1.807, 2.05) is 4.90 Å². The van der Waals surface area contributed by atoms with Crippen molar-refractivity contribution in [1.29, 1.82) is 0 Å². The van der Waals surface area contributed by atoms with Gasteiger partial charge in [-0.3, -0.25) is 4.79 Å². The van der Waals surface area contributed by atoms with Crippen molar-refractivity contribution in [2.75, 3.05) is 13.1 Å². The zero-order valence-corrected chi connectivity index (χ0v) is 10.1. The second-order valence-corrected chi connectivity index (χ2v) is 5.37. The quantitative estimate of drug-likeness (QED) is 0.686. The topological polar surface area (TPSA) is 46.3 Å². The Hall–Kier alpha value is -0.830. The van der Waals surface area contributed by atoms with Crippen molar-refractivity contribution in [3.8, 4) is 0 Å². The summed E-state index contributed by atoms with van der Waals surface area (Å²) in [5.41, 5.74) is 6.04. The van der Waals surface area contributed by atoms with E-state index < -0.39 is 0 Å². The van der Waals surface area contributed by atoms with Crippen LogP contribution in [0.15, 0.2) is 12.2 Å². The Morgan fingerprint density at radius 1 is 1.44 bits per heavy atom. The second-order valence-electron chi connectivity index (χ2n) is 5.37. The summed E-state index contributed by atoms with van der Waals surface area (Å²) >= 11 is 0. The third-order valence-corrected chi connectivity index (χ3v) is 3.92. The monoisotopic (exact) mass is 222 g/mol. The van der Waals surface area contributed by atoms with Gasteiger partial charge in [0.05, 0.1) is 6.04 Å². The van der Waals surface area contributed by atoms with Gasteiger partial charge >= 0.3 is 0 Å². The summed E-state index contributed by atoms with van der Waals surface area (Å²) < 4.78 is 0. The number of hydrogen-bond donors (Lipinski definition) is 1. The number of rotatable bonds is 1. The molecule has 0 aromatic heterocycles. The molecule has 1 aliphatic heterocycles. The van der Waals surface area contributed by atoms with Crippen LogP contribution in [0.25, 0.3) is 0 Å². The Bertz CT molecular complexity index is 298. The van der Waals surface area contributed by atoms with Crippen LogP contribution in [0, 0.1) is 5.41 Å². The van der Waals surface area contributed by atoms with Crippen LogP contribution < -0.4 is 5.73 Å². The number of carbonyl (C=O) groups is 1. The highest BCUT2D eigenvalue weighted by Crippen LogP contribution is 2.40. The average molecular weight is 222 g/mol. The maximum atomic E-state index is 11.9. The first-order valence-corrected chi connectivity index (χ1v) is 6.32. The molecule has 3 heteroatoms. The molecule has 0 unspecified atom stereocenters. The van der Waals surface area contributed by atoms with Crippen LogP contribution in [0.2, 0.25) is 0 Å². The van der Waals surface area contributed by atoms with Crippen LogP contribution >= 0.6 is 0 Å². The number of nitrogens with two attached hydrogens (primary N) is 1. The number of amides is 1. The molecule has 2 rings (SSSR count). The standard InChI is InChI=1S/C13H22N2O/c1-11(14)12(16)15-9-5-8-13(10-15)6-3-2-4-7-13/h2-3,11H,4-10,14H2,1H3/t11-,13+/m1/s1. The number of carbonyl (C=O) groups excluding carboxylic acids is 1. The molecule has 0 aromatic rings. The van der Waals surface area contributed by atoms with Gasteiger partial charge in [0.15, 0.2) is 0 Å². The fourth-order valence-electron chi connectivity index (χ4n) is 3.00. The number of allylic oxidation sites excluding steroid dienone is 2. The Labute approximate surface area is 97.7 Å². The molecular weight excluding hydrogens is 200 g/mol. The zero-order valence-electron chi connectivity index (χ0n) is 10.1. The molecule has 2 N–H and O–H groups in total. The highest BCUT2D eigenvalue weighted by atomic mass is 16.2. The van der Waals surface area contributed by atoms with Crippen molar-refractivity contribution in [3.05, 3.63) is 12.2 Å². The highest BCUT2D eigenvalue weighted by Gasteiger charge is 2.37. The first-order chi connectivity index (χ1) is 7.63. The fraction of sp³-hybridized carbons (Fsp3) is 0.769. The van der Waals surface area contributed by atoms with E-state index in [9.17, 15) is 4.79 Å². The van der Waals surface area contributed by atoms with E-state index in [2.05, 4.69) is 12.2 Å². The minimum atomic E-state index is -0.353. The van der Waals surface area contributed by atoms with Crippen molar-refractivity contribution in [3.63, 3.8) is 0 Å². The van der Waals surface area contributed by atoms with Gasteiger partial charge in [-0.25, -0.2) is 0 Å². The molecule has 2 aliphatic rings. The lowest BCUT2D eigenvalue weighted by molar-refractivity contribution is -0.135. The number of nitrogens with zero attached hydrogens (tertiary/aromatic N) is 1. The normalized spacial score (nSPS) is 31.8. The summed E-state index contributed by atoms with van der Waals surface area (Å²) in [7, 11) is 0. The van der Waals surface area contributed by atoms with Gasteiger partial charge in [0.2, 0.25) is 5.91 Å². The minimum Gasteiger partial charge on any atom is -0.341 e. The van der Waals surface area contributed by atoms with Crippen LogP contribution in [-0.2, 0) is 4.79 Å². The van der Waals surface area contributed by atoms with Gasteiger partial charge in [-0.1, -0.05) is 12.2 Å². The van der Waals surface area contributed by atoms with Crippen LogP contribution in [0.5, 0.6) is 0 Å². The maximum Gasteiger partial charge on any atom is 0.239 e. The summed E-state index contributed by atoms with van der Waals surface area (Å²) in [6.07, 6.45) is 10.5. The van der Waals surface area contributed by atoms with E-state index in [-0.39, 0.29) is 11.9 Å². The summed E-state index contributed by atoms with van der Waals surface area (Å²) in [6.45, 7) is 3.59. The van der Waals surface area contributed by atoms with Crippen molar-refractivity contribution >= 4 is 5.91 Å². The molecular formula is C13H22N2O. The van der Waals surface area contributed by atoms with E-state index in [1.54, 1.807) is 6.92 Å². The zero-order chi connectivity index (χ0) is 11.6. The molecule has 3 nitrogen and oxygen atoms in total. The van der Waals surface area contributed by atoms with Gasteiger partial charge < -0.3 is 10.6 Å². The predicted molar refractivity (Wildman–Crippen MR) is 64.9 cm³/mol. The van der Waals surface area contributed by atoms with Crippen molar-refractivity contribution in [1.82, 2.24) is 4.90 Å². The lowest BCUT2D eigenvalue weighted by Gasteiger charge is -2.44. The summed E-state index contributed by atoms with van der Waals surface area (Å²) in [6, 6.07) is -0.353. The highest BCUT2D eigenvalue weighted by molar-refractivity contribution is 5.81. The molecule has 0 saturated carbocycles. The van der Waals surface area contributed by atoms with Crippen LogP contribution in [-0.4, -0.2) is 29.9 Å². The molecule has 0 aromatic carbocycles. The largest absolute Gasteiger partial charge is 0.341 e. The molecule has 1 spiro atoms. The molecule has 2 atom stereocenters. The van der Waals surface area contributed by atoms with E-state index in [1.165, 1.54) is 19.3 Å². The SMILES string of the molecule is C[C@@H](N)C(=O)N1CCC[C@@]2(CC=CCC2)C1. The Morgan fingerprint density at radius 2 is 2.25 bits per heavy atom. The molecule has 90 valence electrons. The predicted octanol–water partition coefficient (Wildman–Crippen LogP) is 1.68. The minimum absolute atomic E-state index is 0.119. The van der Waals surface area contributed by atoms with Crippen LogP contribution in [0.1, 0.15) is 39.0 Å². The average Bonchev–Trinajstić information content (AvgIpc) is 2.29.